The van der Waals surface area contributed by atoms with Crippen LogP contribution >= 0.6 is 0 Å². The molecule has 42 heavy (non-hydrogen) atoms. The molecule has 2 amide bonds. The van der Waals surface area contributed by atoms with E-state index in [4.69, 9.17) is 0 Å². The van der Waals surface area contributed by atoms with Crippen molar-refractivity contribution in [1.29, 1.82) is 0 Å². The lowest BCUT2D eigenvalue weighted by molar-refractivity contribution is -0.157. The van der Waals surface area contributed by atoms with Gasteiger partial charge in [0.1, 0.15) is 6.04 Å². The highest BCUT2D eigenvalue weighted by molar-refractivity contribution is 5.98. The van der Waals surface area contributed by atoms with Gasteiger partial charge in [0.15, 0.2) is 0 Å². The van der Waals surface area contributed by atoms with Gasteiger partial charge in [0, 0.05) is 23.6 Å². The summed E-state index contributed by atoms with van der Waals surface area (Å²) < 4.78 is 0. The molecule has 0 spiro atoms. The van der Waals surface area contributed by atoms with Gasteiger partial charge in [-0.25, -0.2) is 5.10 Å². The normalized spacial score (nSPS) is 17.6. The second kappa shape index (κ2) is 12.7. The first kappa shape index (κ1) is 30.7. The molecular formula is C33H40N4O5. The largest absolute Gasteiger partial charge is 0.481 e. The maximum Gasteiger partial charge on any atom is 0.311 e. The van der Waals surface area contributed by atoms with Crippen LogP contribution in [0, 0.1) is 19.3 Å². The molecule has 1 saturated heterocycles. The smallest absolute Gasteiger partial charge is 0.311 e. The molecule has 1 aliphatic heterocycles. The predicted molar refractivity (Wildman–Crippen MR) is 160 cm³/mol. The lowest BCUT2D eigenvalue weighted by Gasteiger charge is -2.42. The Morgan fingerprint density at radius 2 is 1.74 bits per heavy atom. The number of H-pyrrole nitrogens is 1. The molecule has 9 heteroatoms. The zero-order valence-electron chi connectivity index (χ0n) is 24.9. The van der Waals surface area contributed by atoms with Crippen molar-refractivity contribution in [3.05, 3.63) is 98.5 Å². The highest BCUT2D eigenvalue weighted by atomic mass is 16.4. The molecule has 3 atom stereocenters. The molecule has 0 aliphatic carbocycles. The van der Waals surface area contributed by atoms with E-state index in [1.54, 1.807) is 36.9 Å². The zero-order valence-corrected chi connectivity index (χ0v) is 24.9. The summed E-state index contributed by atoms with van der Waals surface area (Å²) in [5.41, 5.74) is 3.07. The number of hydrogen-bond donors (Lipinski definition) is 3. The third-order valence-corrected chi connectivity index (χ3v) is 8.86. The molecule has 1 aliphatic rings. The molecule has 0 saturated carbocycles. The summed E-state index contributed by atoms with van der Waals surface area (Å²) in [6.45, 7) is 9.06. The van der Waals surface area contributed by atoms with Gasteiger partial charge in [0.25, 0.3) is 11.5 Å². The van der Waals surface area contributed by atoms with Crippen molar-refractivity contribution in [3.63, 3.8) is 0 Å². The van der Waals surface area contributed by atoms with E-state index in [1.165, 1.54) is 0 Å². The van der Waals surface area contributed by atoms with Crippen molar-refractivity contribution in [1.82, 2.24) is 20.4 Å². The van der Waals surface area contributed by atoms with Crippen LogP contribution in [0.3, 0.4) is 0 Å². The minimum Gasteiger partial charge on any atom is -0.481 e. The van der Waals surface area contributed by atoms with Gasteiger partial charge in [0.05, 0.1) is 17.2 Å². The first-order valence-electron chi connectivity index (χ1n) is 14.6. The fourth-order valence-electron chi connectivity index (χ4n) is 6.33. The number of likely N-dealkylation sites (tertiary alicyclic amines) is 1. The minimum atomic E-state index is -1.08. The van der Waals surface area contributed by atoms with Crippen LogP contribution in [-0.4, -0.2) is 50.1 Å². The number of hydrogen-bond acceptors (Lipinski definition) is 5. The number of carbonyl (C=O) groups is 3. The summed E-state index contributed by atoms with van der Waals surface area (Å²) in [4.78, 5) is 53.9. The molecular weight excluding hydrogens is 532 g/mol. The Hall–Kier alpha value is -4.27. The Balaban J connectivity index is 1.57. The van der Waals surface area contributed by atoms with Crippen molar-refractivity contribution in [2.24, 2.45) is 5.41 Å². The van der Waals surface area contributed by atoms with Crippen LogP contribution in [0.15, 0.2) is 59.4 Å². The second-order valence-electron chi connectivity index (χ2n) is 11.3. The van der Waals surface area contributed by atoms with Crippen LogP contribution in [-0.2, 0) is 16.0 Å². The average Bonchev–Trinajstić information content (AvgIpc) is 3.42. The van der Waals surface area contributed by atoms with Crippen molar-refractivity contribution in [2.75, 3.05) is 0 Å². The van der Waals surface area contributed by atoms with Crippen LogP contribution in [0.25, 0.3) is 0 Å². The van der Waals surface area contributed by atoms with E-state index >= 15 is 0 Å². The summed E-state index contributed by atoms with van der Waals surface area (Å²) in [6.07, 6.45) is 2.41. The molecule has 222 valence electrons. The number of nitrogens with zero attached hydrogens (tertiary/aromatic N) is 2. The second-order valence-corrected chi connectivity index (χ2v) is 11.3. The van der Waals surface area contributed by atoms with E-state index < -0.39 is 29.4 Å². The molecule has 3 aromatic rings. The van der Waals surface area contributed by atoms with E-state index in [0.29, 0.717) is 48.9 Å². The third kappa shape index (κ3) is 6.00. The fraction of sp³-hybridized carbons (Fsp3) is 0.424. The molecule has 9 nitrogen and oxygen atoms in total. The number of rotatable bonds is 10. The number of aromatic nitrogens is 2. The number of amides is 2. The first-order chi connectivity index (χ1) is 20.0. The molecule has 0 radical (unpaired) electrons. The SMILES string of the molecule is CCC(CC)(C(=O)O)[C@H]1CC[C@@H](c2ccccc2)N1C(=O)[C@@H](C)NC(=O)c1ccc(Cc2cc(C)n[nH]c2=O)c(C)c1. The molecule has 2 heterocycles. The minimum absolute atomic E-state index is 0.249. The number of aliphatic carboxylic acids is 1. The summed E-state index contributed by atoms with van der Waals surface area (Å²) >= 11 is 0. The lowest BCUT2D eigenvalue weighted by atomic mass is 9.74. The zero-order chi connectivity index (χ0) is 30.6. The van der Waals surface area contributed by atoms with E-state index in [-0.39, 0.29) is 17.5 Å². The summed E-state index contributed by atoms with van der Waals surface area (Å²) in [6, 6.07) is 15.0. The Morgan fingerprint density at radius 3 is 2.36 bits per heavy atom. The van der Waals surface area contributed by atoms with Crippen LogP contribution in [0.5, 0.6) is 0 Å². The molecule has 3 N–H and O–H groups in total. The van der Waals surface area contributed by atoms with Crippen molar-refractivity contribution in [3.8, 4) is 0 Å². The third-order valence-electron chi connectivity index (χ3n) is 8.86. The highest BCUT2D eigenvalue weighted by Crippen LogP contribution is 2.47. The van der Waals surface area contributed by atoms with E-state index in [1.807, 2.05) is 57.2 Å². The summed E-state index contributed by atoms with van der Waals surface area (Å²) in [7, 11) is 0. The van der Waals surface area contributed by atoms with Crippen LogP contribution in [0.1, 0.15) is 90.8 Å². The fourth-order valence-corrected chi connectivity index (χ4v) is 6.33. The van der Waals surface area contributed by atoms with Gasteiger partial charge in [-0.05, 0) is 81.3 Å². The lowest BCUT2D eigenvalue weighted by Crippen LogP contribution is -2.55. The van der Waals surface area contributed by atoms with Crippen molar-refractivity contribution in [2.45, 2.75) is 84.8 Å². The van der Waals surface area contributed by atoms with Gasteiger partial charge in [0.2, 0.25) is 5.91 Å². The molecule has 4 rings (SSSR count). The van der Waals surface area contributed by atoms with E-state index in [9.17, 15) is 24.3 Å². The van der Waals surface area contributed by atoms with E-state index in [2.05, 4.69) is 15.5 Å². The standard InChI is InChI=1S/C33H40N4O5/c1-6-33(7-2,32(41)42)28-16-15-27(23-11-9-8-10-12-23)37(28)31(40)22(5)34-29(38)25-14-13-24(20(3)17-25)19-26-18-21(4)35-36-30(26)39/h8-14,17-18,22,27-28H,6-7,15-16,19H2,1-5H3,(H,34,38)(H,36,39)(H,41,42)/t22-,27+,28-/m1/s1. The van der Waals surface area contributed by atoms with Gasteiger partial charge in [-0.15, -0.1) is 0 Å². The first-order valence-corrected chi connectivity index (χ1v) is 14.6. The number of carboxylic acids is 1. The van der Waals surface area contributed by atoms with Gasteiger partial charge in [-0.2, -0.15) is 5.10 Å². The Labute approximate surface area is 246 Å². The molecule has 0 unspecified atom stereocenters. The average molecular weight is 573 g/mol. The molecule has 0 bridgehead atoms. The summed E-state index contributed by atoms with van der Waals surface area (Å²) in [5.74, 6) is -1.60. The van der Waals surface area contributed by atoms with Crippen LogP contribution < -0.4 is 10.9 Å². The van der Waals surface area contributed by atoms with Gasteiger partial charge in [-0.1, -0.05) is 50.2 Å². The number of aryl methyl sites for hydroxylation is 2. The van der Waals surface area contributed by atoms with Gasteiger partial charge < -0.3 is 15.3 Å². The number of carboxylic acid groups (broad SMARTS) is 1. The number of aromatic amines is 1. The number of carbonyl (C=O) groups excluding carboxylic acids is 2. The quantitative estimate of drug-likeness (QED) is 0.322. The Morgan fingerprint density at radius 1 is 1.05 bits per heavy atom. The topological polar surface area (TPSA) is 132 Å². The monoisotopic (exact) mass is 572 g/mol. The molecule has 1 aromatic heterocycles. The Kier molecular flexibility index (Phi) is 9.29. The van der Waals surface area contributed by atoms with E-state index in [0.717, 1.165) is 16.7 Å². The van der Waals surface area contributed by atoms with Gasteiger partial charge >= 0.3 is 5.97 Å². The number of benzene rings is 2. The maximum absolute atomic E-state index is 14.1. The summed E-state index contributed by atoms with van der Waals surface area (Å²) in [5, 5.41) is 19.6. The maximum atomic E-state index is 14.1. The van der Waals surface area contributed by atoms with Crippen molar-refractivity contribution < 1.29 is 19.5 Å². The Bertz CT molecular complexity index is 1510. The van der Waals surface area contributed by atoms with Crippen LogP contribution in [0.4, 0.5) is 0 Å². The van der Waals surface area contributed by atoms with Crippen molar-refractivity contribution >= 4 is 17.8 Å². The van der Waals surface area contributed by atoms with Crippen LogP contribution in [0.2, 0.25) is 0 Å². The molecule has 1 fully saturated rings. The molecule has 2 aromatic carbocycles. The predicted octanol–water partition coefficient (Wildman–Crippen LogP) is 4.72. The van der Waals surface area contributed by atoms with Gasteiger partial charge in [-0.3, -0.25) is 19.2 Å². The highest BCUT2D eigenvalue weighted by Gasteiger charge is 2.52. The number of nitrogens with one attached hydrogen (secondary N) is 2.